The first-order valence-corrected chi connectivity index (χ1v) is 10.3. The molecule has 2 fully saturated rings. The van der Waals surface area contributed by atoms with Crippen molar-refractivity contribution in [2.24, 2.45) is 0 Å². The third-order valence-electron chi connectivity index (χ3n) is 6.32. The van der Waals surface area contributed by atoms with Crippen LogP contribution in [-0.2, 0) is 17.8 Å². The van der Waals surface area contributed by atoms with Crippen molar-refractivity contribution < 1.29 is 13.9 Å². The largest absolute Gasteiger partial charge is 0.494 e. The van der Waals surface area contributed by atoms with E-state index in [0.717, 1.165) is 25.1 Å². The van der Waals surface area contributed by atoms with Crippen molar-refractivity contribution >= 4 is 11.6 Å². The molecular formula is C22H26FN5O2. The summed E-state index contributed by atoms with van der Waals surface area (Å²) >= 11 is 0. The number of para-hydroxylation sites is 1. The van der Waals surface area contributed by atoms with Gasteiger partial charge in [-0.15, -0.1) is 0 Å². The highest BCUT2D eigenvalue weighted by molar-refractivity contribution is 5.95. The van der Waals surface area contributed by atoms with Crippen LogP contribution in [0.1, 0.15) is 29.2 Å². The van der Waals surface area contributed by atoms with E-state index in [1.54, 1.807) is 12.1 Å². The van der Waals surface area contributed by atoms with Crippen molar-refractivity contribution in [1.82, 2.24) is 21.2 Å². The fourth-order valence-electron chi connectivity index (χ4n) is 4.72. The number of benzene rings is 2. The van der Waals surface area contributed by atoms with Gasteiger partial charge in [0.1, 0.15) is 11.4 Å². The highest BCUT2D eigenvalue weighted by Gasteiger charge is 2.45. The van der Waals surface area contributed by atoms with Gasteiger partial charge < -0.3 is 9.64 Å². The molecule has 2 aromatic rings. The third-order valence-corrected chi connectivity index (χ3v) is 6.32. The van der Waals surface area contributed by atoms with Gasteiger partial charge in [-0.2, -0.15) is 0 Å². The molecule has 30 heavy (non-hydrogen) atoms. The third kappa shape index (κ3) is 3.26. The number of anilines is 1. The highest BCUT2D eigenvalue weighted by Crippen LogP contribution is 2.35. The van der Waals surface area contributed by atoms with Crippen molar-refractivity contribution in [3.8, 4) is 5.75 Å². The van der Waals surface area contributed by atoms with Gasteiger partial charge in [-0.1, -0.05) is 24.3 Å². The molecule has 1 amide bonds. The van der Waals surface area contributed by atoms with Crippen LogP contribution in [0, 0.1) is 5.82 Å². The van der Waals surface area contributed by atoms with Crippen LogP contribution in [0.4, 0.5) is 10.1 Å². The molecule has 8 heteroatoms. The number of ether oxygens (including phenoxy) is 1. The molecule has 0 bridgehead atoms. The number of carbonyl (C=O) groups excluding carboxylic acids is 1. The summed E-state index contributed by atoms with van der Waals surface area (Å²) in [4.78, 5) is 15.1. The van der Waals surface area contributed by atoms with Crippen LogP contribution in [0.3, 0.4) is 0 Å². The highest BCUT2D eigenvalue weighted by atomic mass is 19.1. The molecule has 5 rings (SSSR count). The molecule has 0 aromatic heterocycles. The van der Waals surface area contributed by atoms with Gasteiger partial charge in [-0.25, -0.2) is 20.3 Å². The summed E-state index contributed by atoms with van der Waals surface area (Å²) in [7, 11) is 3.61. The van der Waals surface area contributed by atoms with Crippen LogP contribution in [0.5, 0.6) is 5.75 Å². The summed E-state index contributed by atoms with van der Waals surface area (Å²) in [6, 6.07) is 10.9. The van der Waals surface area contributed by atoms with Crippen molar-refractivity contribution in [2.45, 2.75) is 37.5 Å². The van der Waals surface area contributed by atoms with Crippen LogP contribution in [0.15, 0.2) is 36.4 Å². The predicted molar refractivity (Wildman–Crippen MR) is 111 cm³/mol. The van der Waals surface area contributed by atoms with Crippen LogP contribution in [0.2, 0.25) is 0 Å². The van der Waals surface area contributed by atoms with E-state index in [4.69, 9.17) is 4.74 Å². The zero-order valence-corrected chi connectivity index (χ0v) is 17.1. The second-order valence-electron chi connectivity index (χ2n) is 8.27. The Labute approximate surface area is 175 Å². The molecule has 3 heterocycles. The lowest BCUT2D eigenvalue weighted by molar-refractivity contribution is -0.121. The average molecular weight is 411 g/mol. The maximum atomic E-state index is 14.6. The minimum absolute atomic E-state index is 0.0478. The number of hydrogen-bond donors (Lipinski definition) is 3. The Morgan fingerprint density at radius 1 is 1.17 bits per heavy atom. The van der Waals surface area contributed by atoms with Crippen LogP contribution in [0.25, 0.3) is 0 Å². The molecular weight excluding hydrogens is 385 g/mol. The normalized spacial score (nSPS) is 26.4. The number of nitrogens with one attached hydrogen (secondary N) is 3. The molecule has 3 aliphatic heterocycles. The fraction of sp³-hybridized carbons (Fsp3) is 0.409. The Bertz CT molecular complexity index is 984. The van der Waals surface area contributed by atoms with Gasteiger partial charge in [0, 0.05) is 25.6 Å². The minimum Gasteiger partial charge on any atom is -0.494 e. The molecule has 3 aliphatic rings. The lowest BCUT2D eigenvalue weighted by Gasteiger charge is -2.37. The zero-order chi connectivity index (χ0) is 20.8. The lowest BCUT2D eigenvalue weighted by Crippen LogP contribution is -2.60. The van der Waals surface area contributed by atoms with Crippen LogP contribution in [-0.4, -0.2) is 43.6 Å². The van der Waals surface area contributed by atoms with Crippen molar-refractivity contribution in [3.05, 3.63) is 58.9 Å². The number of fused-ring (bicyclic) bond motifs is 2. The Morgan fingerprint density at radius 2 is 2.03 bits per heavy atom. The minimum atomic E-state index is -0.498. The lowest BCUT2D eigenvalue weighted by atomic mass is 9.90. The number of methoxy groups -OCH3 is 1. The monoisotopic (exact) mass is 411 g/mol. The number of likely N-dealkylation sites (N-methyl/N-ethyl adjacent to an activating group) is 1. The summed E-state index contributed by atoms with van der Waals surface area (Å²) in [5.74, 6) is -0.382. The van der Waals surface area contributed by atoms with E-state index in [0.29, 0.717) is 5.75 Å². The van der Waals surface area contributed by atoms with Gasteiger partial charge in [-0.3, -0.25) is 10.2 Å². The van der Waals surface area contributed by atoms with E-state index in [1.807, 2.05) is 0 Å². The molecule has 158 valence electrons. The molecule has 0 aliphatic carbocycles. The summed E-state index contributed by atoms with van der Waals surface area (Å²) in [5, 5.41) is 1.31. The van der Waals surface area contributed by atoms with E-state index in [-0.39, 0.29) is 36.1 Å². The Morgan fingerprint density at radius 3 is 2.87 bits per heavy atom. The van der Waals surface area contributed by atoms with E-state index >= 15 is 0 Å². The molecule has 0 spiro atoms. The molecule has 0 radical (unpaired) electrons. The maximum Gasteiger partial charge on any atom is 0.243 e. The first-order valence-electron chi connectivity index (χ1n) is 10.3. The molecule has 3 atom stereocenters. The predicted octanol–water partition coefficient (Wildman–Crippen LogP) is 1.65. The van der Waals surface area contributed by atoms with E-state index in [9.17, 15) is 9.18 Å². The number of carbonyl (C=O) groups is 1. The molecule has 7 nitrogen and oxygen atoms in total. The number of amides is 1. The van der Waals surface area contributed by atoms with Gasteiger partial charge in [0.25, 0.3) is 0 Å². The van der Waals surface area contributed by atoms with Gasteiger partial charge in [-0.05, 0) is 42.3 Å². The van der Waals surface area contributed by atoms with Crippen molar-refractivity contribution in [1.29, 1.82) is 0 Å². The standard InChI is InChI=1S/C22H26FN5O2/c1-27-9-8-13-10-14(6-7-15(13)12-27)20-21-17(24-25-20)11-19(29)28(26-21)22-16(23)4-3-5-18(22)30-2/h3-7,10,17,20-21,24-26H,8-9,11-12H2,1-2H3. The van der Waals surface area contributed by atoms with Gasteiger partial charge >= 0.3 is 0 Å². The van der Waals surface area contributed by atoms with Gasteiger partial charge in [0.2, 0.25) is 5.91 Å². The first kappa shape index (κ1) is 19.4. The summed E-state index contributed by atoms with van der Waals surface area (Å²) in [6.45, 7) is 2.01. The van der Waals surface area contributed by atoms with E-state index in [2.05, 4.69) is 46.4 Å². The SMILES string of the molecule is COc1cccc(F)c1N1NC2C(CC1=O)NNC2c1ccc2c(c1)CCN(C)C2. The number of hydrogen-bond acceptors (Lipinski definition) is 6. The average Bonchev–Trinajstić information content (AvgIpc) is 3.15. The Balaban J connectivity index is 1.44. The van der Waals surface area contributed by atoms with Crippen molar-refractivity contribution in [3.63, 3.8) is 0 Å². The van der Waals surface area contributed by atoms with Gasteiger partial charge in [0.15, 0.2) is 5.82 Å². The topological polar surface area (TPSA) is 68.9 Å². The van der Waals surface area contributed by atoms with Gasteiger partial charge in [0.05, 0.1) is 19.2 Å². The van der Waals surface area contributed by atoms with E-state index in [1.165, 1.54) is 29.3 Å². The van der Waals surface area contributed by atoms with Crippen LogP contribution < -0.4 is 26.0 Å². The maximum absolute atomic E-state index is 14.6. The summed E-state index contributed by atoms with van der Waals surface area (Å²) < 4.78 is 19.9. The number of halogens is 1. The smallest absolute Gasteiger partial charge is 0.243 e. The number of rotatable bonds is 3. The second-order valence-corrected chi connectivity index (χ2v) is 8.27. The Kier molecular flexibility index (Phi) is 4.94. The number of nitrogens with zero attached hydrogens (tertiary/aromatic N) is 2. The quantitative estimate of drug-likeness (QED) is 0.714. The molecule has 3 unspecified atom stereocenters. The van der Waals surface area contributed by atoms with Crippen molar-refractivity contribution in [2.75, 3.05) is 25.7 Å². The molecule has 2 aromatic carbocycles. The summed E-state index contributed by atoms with van der Waals surface area (Å²) in [5.41, 5.74) is 13.9. The van der Waals surface area contributed by atoms with E-state index < -0.39 is 5.82 Å². The first-order chi connectivity index (χ1) is 14.5. The second kappa shape index (κ2) is 7.63. The van der Waals surface area contributed by atoms with Crippen LogP contribution >= 0.6 is 0 Å². The zero-order valence-electron chi connectivity index (χ0n) is 17.1. The molecule has 3 N–H and O–H groups in total. The fourth-order valence-corrected chi connectivity index (χ4v) is 4.72. The summed E-state index contributed by atoms with van der Waals surface area (Å²) in [6.07, 6.45) is 1.28. The molecule has 0 saturated carbocycles. The Hall–Kier alpha value is -2.52. The molecule has 2 saturated heterocycles. The number of hydrazine groups is 2.